The molecular formula is C19H24N2O3S. The van der Waals surface area contributed by atoms with Crippen molar-refractivity contribution in [3.8, 4) is 0 Å². The molecule has 0 atom stereocenters. The van der Waals surface area contributed by atoms with Crippen LogP contribution in [0.15, 0.2) is 48.5 Å². The van der Waals surface area contributed by atoms with Gasteiger partial charge in [-0.3, -0.25) is 9.52 Å². The van der Waals surface area contributed by atoms with E-state index >= 15 is 0 Å². The molecule has 0 aliphatic rings. The number of hydrogen-bond acceptors (Lipinski definition) is 3. The van der Waals surface area contributed by atoms with Gasteiger partial charge in [0.05, 0.1) is 5.75 Å². The summed E-state index contributed by atoms with van der Waals surface area (Å²) >= 11 is 0. The third-order valence-electron chi connectivity index (χ3n) is 3.81. The first-order valence-electron chi connectivity index (χ1n) is 8.44. The van der Waals surface area contributed by atoms with Crippen molar-refractivity contribution in [3.63, 3.8) is 0 Å². The minimum Gasteiger partial charge on any atom is -0.322 e. The van der Waals surface area contributed by atoms with Gasteiger partial charge < -0.3 is 5.32 Å². The Morgan fingerprint density at radius 2 is 1.72 bits per heavy atom. The van der Waals surface area contributed by atoms with Gasteiger partial charge in [-0.2, -0.15) is 0 Å². The van der Waals surface area contributed by atoms with Crippen LogP contribution in [0, 0.1) is 0 Å². The van der Waals surface area contributed by atoms with Crippen LogP contribution >= 0.6 is 0 Å². The van der Waals surface area contributed by atoms with Gasteiger partial charge in [-0.25, -0.2) is 8.42 Å². The number of anilines is 2. The summed E-state index contributed by atoms with van der Waals surface area (Å²) in [5.41, 5.74) is 2.73. The van der Waals surface area contributed by atoms with Gasteiger partial charge in [-0.05, 0) is 55.7 Å². The van der Waals surface area contributed by atoms with Gasteiger partial charge in [0.25, 0.3) is 5.91 Å². The zero-order valence-corrected chi connectivity index (χ0v) is 15.4. The van der Waals surface area contributed by atoms with E-state index in [1.807, 2.05) is 24.3 Å². The molecule has 0 radical (unpaired) electrons. The number of amides is 1. The highest BCUT2D eigenvalue weighted by Crippen LogP contribution is 2.16. The van der Waals surface area contributed by atoms with E-state index in [1.165, 1.54) is 11.6 Å². The molecule has 25 heavy (non-hydrogen) atoms. The maximum absolute atomic E-state index is 12.4. The van der Waals surface area contributed by atoms with Crippen LogP contribution in [0.3, 0.4) is 0 Å². The summed E-state index contributed by atoms with van der Waals surface area (Å²) in [6, 6.07) is 14.2. The molecule has 2 rings (SSSR count). The van der Waals surface area contributed by atoms with Crippen LogP contribution in [0.1, 0.15) is 42.6 Å². The van der Waals surface area contributed by atoms with Gasteiger partial charge in [0.1, 0.15) is 0 Å². The largest absolute Gasteiger partial charge is 0.322 e. The van der Waals surface area contributed by atoms with Crippen LogP contribution in [0.25, 0.3) is 0 Å². The van der Waals surface area contributed by atoms with Crippen molar-refractivity contribution in [2.45, 2.75) is 33.1 Å². The summed E-state index contributed by atoms with van der Waals surface area (Å²) < 4.78 is 25.7. The number of sulfonamides is 1. The molecule has 0 heterocycles. The molecule has 0 saturated carbocycles. The lowest BCUT2D eigenvalue weighted by molar-refractivity contribution is 0.102. The molecule has 0 aliphatic carbocycles. The molecular weight excluding hydrogens is 336 g/mol. The van der Waals surface area contributed by atoms with Crippen LogP contribution in [-0.4, -0.2) is 20.1 Å². The van der Waals surface area contributed by atoms with E-state index < -0.39 is 10.0 Å². The SMILES string of the molecule is CCCCc1ccc(NC(=O)c2cccc(NS(=O)(=O)CC)c2)cc1. The lowest BCUT2D eigenvalue weighted by Crippen LogP contribution is -2.16. The number of benzene rings is 2. The first kappa shape index (κ1) is 19.0. The fourth-order valence-electron chi connectivity index (χ4n) is 2.31. The summed E-state index contributed by atoms with van der Waals surface area (Å²) in [4.78, 5) is 12.4. The molecule has 2 aromatic carbocycles. The quantitative estimate of drug-likeness (QED) is 0.746. The highest BCUT2D eigenvalue weighted by atomic mass is 32.2. The van der Waals surface area contributed by atoms with Crippen LogP contribution in [-0.2, 0) is 16.4 Å². The Kier molecular flexibility index (Phi) is 6.58. The molecule has 1 amide bonds. The number of rotatable bonds is 8. The third kappa shape index (κ3) is 5.90. The van der Waals surface area contributed by atoms with Gasteiger partial charge in [-0.1, -0.05) is 31.5 Å². The van der Waals surface area contributed by atoms with Crippen molar-refractivity contribution >= 4 is 27.3 Å². The fraction of sp³-hybridized carbons (Fsp3) is 0.316. The Morgan fingerprint density at radius 3 is 2.36 bits per heavy atom. The number of hydrogen-bond donors (Lipinski definition) is 2. The Morgan fingerprint density at radius 1 is 1.00 bits per heavy atom. The van der Waals surface area contributed by atoms with E-state index in [-0.39, 0.29) is 11.7 Å². The number of unbranched alkanes of at least 4 members (excludes halogenated alkanes) is 1. The molecule has 0 fully saturated rings. The molecule has 0 spiro atoms. The minimum absolute atomic E-state index is 0.0200. The summed E-state index contributed by atoms with van der Waals surface area (Å²) in [6.45, 7) is 3.71. The Bertz CT molecular complexity index is 815. The van der Waals surface area contributed by atoms with Gasteiger partial charge >= 0.3 is 0 Å². The Hall–Kier alpha value is -2.34. The topological polar surface area (TPSA) is 75.3 Å². The molecule has 0 unspecified atom stereocenters. The van der Waals surface area contributed by atoms with Crippen molar-refractivity contribution in [1.29, 1.82) is 0 Å². The Balaban J connectivity index is 2.05. The lowest BCUT2D eigenvalue weighted by Gasteiger charge is -2.09. The van der Waals surface area contributed by atoms with Crippen LogP contribution < -0.4 is 10.0 Å². The first-order chi connectivity index (χ1) is 11.9. The number of aryl methyl sites for hydroxylation is 1. The van der Waals surface area contributed by atoms with E-state index in [0.717, 1.165) is 19.3 Å². The van der Waals surface area contributed by atoms with E-state index in [2.05, 4.69) is 17.0 Å². The van der Waals surface area contributed by atoms with Crippen molar-refractivity contribution in [2.24, 2.45) is 0 Å². The highest BCUT2D eigenvalue weighted by Gasteiger charge is 2.10. The van der Waals surface area contributed by atoms with Gasteiger partial charge in [0, 0.05) is 16.9 Å². The first-order valence-corrected chi connectivity index (χ1v) is 10.1. The average molecular weight is 360 g/mol. The zero-order valence-electron chi connectivity index (χ0n) is 14.6. The van der Waals surface area contributed by atoms with E-state index in [0.29, 0.717) is 16.9 Å². The zero-order chi connectivity index (χ0) is 18.3. The standard InChI is InChI=1S/C19H24N2O3S/c1-3-5-7-15-10-12-17(13-11-15)20-19(22)16-8-6-9-18(14-16)21-25(23,24)4-2/h6,8-14,21H,3-5,7H2,1-2H3,(H,20,22). The normalized spacial score (nSPS) is 11.1. The third-order valence-corrected chi connectivity index (χ3v) is 5.12. The smallest absolute Gasteiger partial charge is 0.255 e. The Labute approximate surface area is 149 Å². The molecule has 5 nitrogen and oxygen atoms in total. The fourth-order valence-corrected chi connectivity index (χ4v) is 2.94. The molecule has 2 aromatic rings. The monoisotopic (exact) mass is 360 g/mol. The molecule has 0 bridgehead atoms. The van der Waals surface area contributed by atoms with Crippen molar-refractivity contribution in [1.82, 2.24) is 0 Å². The van der Waals surface area contributed by atoms with Crippen molar-refractivity contribution in [2.75, 3.05) is 15.8 Å². The van der Waals surface area contributed by atoms with Crippen LogP contribution in [0.5, 0.6) is 0 Å². The molecule has 0 aliphatic heterocycles. The molecule has 134 valence electrons. The molecule has 2 N–H and O–H groups in total. The van der Waals surface area contributed by atoms with Crippen LogP contribution in [0.4, 0.5) is 11.4 Å². The van der Waals surface area contributed by atoms with Gasteiger partial charge in [0.15, 0.2) is 0 Å². The number of carbonyl (C=O) groups excluding carboxylic acids is 1. The summed E-state index contributed by atoms with van der Waals surface area (Å²) in [5, 5.41) is 2.83. The van der Waals surface area contributed by atoms with E-state index in [1.54, 1.807) is 25.1 Å². The second-order valence-electron chi connectivity index (χ2n) is 5.84. The maximum Gasteiger partial charge on any atom is 0.255 e. The second-order valence-corrected chi connectivity index (χ2v) is 7.85. The summed E-state index contributed by atoms with van der Waals surface area (Å²) in [6.07, 6.45) is 3.33. The van der Waals surface area contributed by atoms with Gasteiger partial charge in [-0.15, -0.1) is 0 Å². The highest BCUT2D eigenvalue weighted by molar-refractivity contribution is 7.92. The van der Waals surface area contributed by atoms with Crippen molar-refractivity contribution < 1.29 is 13.2 Å². The van der Waals surface area contributed by atoms with E-state index in [4.69, 9.17) is 0 Å². The molecule has 0 saturated heterocycles. The summed E-state index contributed by atoms with van der Waals surface area (Å²) in [5.74, 6) is -0.299. The van der Waals surface area contributed by atoms with Crippen molar-refractivity contribution in [3.05, 3.63) is 59.7 Å². The van der Waals surface area contributed by atoms with Gasteiger partial charge in [0.2, 0.25) is 10.0 Å². The summed E-state index contributed by atoms with van der Waals surface area (Å²) in [7, 11) is -3.37. The molecule has 0 aromatic heterocycles. The number of nitrogens with one attached hydrogen (secondary N) is 2. The predicted molar refractivity (Wildman–Crippen MR) is 103 cm³/mol. The lowest BCUT2D eigenvalue weighted by atomic mass is 10.1. The maximum atomic E-state index is 12.4. The van der Waals surface area contributed by atoms with E-state index in [9.17, 15) is 13.2 Å². The number of carbonyl (C=O) groups is 1. The minimum atomic E-state index is -3.37. The second kappa shape index (κ2) is 8.67. The predicted octanol–water partition coefficient (Wildman–Crippen LogP) is 4.04. The molecule has 6 heteroatoms. The van der Waals surface area contributed by atoms with Crippen LogP contribution in [0.2, 0.25) is 0 Å². The average Bonchev–Trinajstić information content (AvgIpc) is 2.61.